The van der Waals surface area contributed by atoms with E-state index in [4.69, 9.17) is 0 Å². The van der Waals surface area contributed by atoms with Crippen LogP contribution in [-0.2, 0) is 12.1 Å². The first-order valence-corrected chi connectivity index (χ1v) is 5.58. The maximum absolute atomic E-state index is 10.5. The molecule has 2 rings (SSSR count). The lowest BCUT2D eigenvalue weighted by Gasteiger charge is -2.36. The Kier molecular flexibility index (Phi) is 2.80. The van der Waals surface area contributed by atoms with Gasteiger partial charge in [-0.05, 0) is 33.4 Å². The maximum atomic E-state index is 10.5. The van der Waals surface area contributed by atoms with Crippen molar-refractivity contribution in [1.82, 2.24) is 14.7 Å². The Bertz CT molecular complexity index is 336. The third-order valence-electron chi connectivity index (χ3n) is 3.16. The molecule has 1 unspecified atom stereocenters. The summed E-state index contributed by atoms with van der Waals surface area (Å²) in [4.78, 5) is 2.17. The molecular formula is C11H19N3O. The quantitative estimate of drug-likeness (QED) is 0.784. The molecule has 0 aromatic carbocycles. The zero-order valence-electron chi connectivity index (χ0n) is 9.48. The van der Waals surface area contributed by atoms with Crippen LogP contribution in [-0.4, -0.2) is 39.9 Å². The summed E-state index contributed by atoms with van der Waals surface area (Å²) in [6, 6.07) is 0. The van der Waals surface area contributed by atoms with Gasteiger partial charge in [0.2, 0.25) is 0 Å². The minimum Gasteiger partial charge on any atom is -0.384 e. The summed E-state index contributed by atoms with van der Waals surface area (Å²) in [5, 5.41) is 14.7. The summed E-state index contributed by atoms with van der Waals surface area (Å²) in [5.41, 5.74) is 0.261. The van der Waals surface area contributed by atoms with Gasteiger partial charge in [-0.15, -0.1) is 0 Å². The number of hydrogen-bond donors (Lipinski definition) is 1. The van der Waals surface area contributed by atoms with Crippen molar-refractivity contribution in [3.63, 3.8) is 0 Å². The van der Waals surface area contributed by atoms with Crippen LogP contribution in [0.3, 0.4) is 0 Å². The second-order valence-corrected chi connectivity index (χ2v) is 4.46. The highest BCUT2D eigenvalue weighted by molar-refractivity contribution is 5.16. The lowest BCUT2D eigenvalue weighted by atomic mass is 9.88. The average Bonchev–Trinajstić information content (AvgIpc) is 2.66. The van der Waals surface area contributed by atoms with Crippen molar-refractivity contribution in [2.45, 2.75) is 31.9 Å². The van der Waals surface area contributed by atoms with Gasteiger partial charge in [-0.1, -0.05) is 0 Å². The van der Waals surface area contributed by atoms with Crippen LogP contribution in [0.5, 0.6) is 0 Å². The van der Waals surface area contributed by atoms with Crippen LogP contribution < -0.4 is 0 Å². The largest absolute Gasteiger partial charge is 0.384 e. The van der Waals surface area contributed by atoms with Crippen LogP contribution in [0.4, 0.5) is 0 Å². The molecule has 15 heavy (non-hydrogen) atoms. The monoisotopic (exact) mass is 209 g/mol. The fraction of sp³-hybridized carbons (Fsp3) is 0.727. The highest BCUT2D eigenvalue weighted by Gasteiger charge is 2.34. The Morgan fingerprint density at radius 1 is 1.60 bits per heavy atom. The Hall–Kier alpha value is -0.870. The topological polar surface area (TPSA) is 41.3 Å². The number of nitrogens with zero attached hydrogens (tertiary/aromatic N) is 3. The van der Waals surface area contributed by atoms with Crippen molar-refractivity contribution in [2.75, 3.05) is 20.1 Å². The molecule has 0 bridgehead atoms. The van der Waals surface area contributed by atoms with Crippen molar-refractivity contribution in [1.29, 1.82) is 0 Å². The first-order chi connectivity index (χ1) is 7.14. The maximum Gasteiger partial charge on any atom is 0.105 e. The lowest BCUT2D eigenvalue weighted by molar-refractivity contribution is -0.0278. The third kappa shape index (κ3) is 2.06. The van der Waals surface area contributed by atoms with E-state index in [2.05, 4.69) is 10.00 Å². The smallest absolute Gasteiger partial charge is 0.105 e. The fourth-order valence-corrected chi connectivity index (χ4v) is 2.26. The van der Waals surface area contributed by atoms with Gasteiger partial charge in [0.1, 0.15) is 5.60 Å². The van der Waals surface area contributed by atoms with Crippen LogP contribution in [0.2, 0.25) is 0 Å². The minimum absolute atomic E-state index is 0.694. The zero-order chi connectivity index (χ0) is 10.9. The van der Waals surface area contributed by atoms with Crippen molar-refractivity contribution < 1.29 is 5.11 Å². The molecule has 1 aromatic rings. The van der Waals surface area contributed by atoms with Gasteiger partial charge in [0.25, 0.3) is 0 Å². The van der Waals surface area contributed by atoms with E-state index in [1.54, 1.807) is 6.20 Å². The fourth-order valence-electron chi connectivity index (χ4n) is 2.26. The van der Waals surface area contributed by atoms with Gasteiger partial charge in [0.05, 0.1) is 6.20 Å². The number of aryl methyl sites for hydroxylation is 1. The van der Waals surface area contributed by atoms with Crippen molar-refractivity contribution in [3.8, 4) is 0 Å². The van der Waals surface area contributed by atoms with Gasteiger partial charge >= 0.3 is 0 Å². The molecular weight excluding hydrogens is 190 g/mol. The van der Waals surface area contributed by atoms with E-state index in [0.29, 0.717) is 6.54 Å². The van der Waals surface area contributed by atoms with Crippen LogP contribution in [0, 0.1) is 0 Å². The van der Waals surface area contributed by atoms with Gasteiger partial charge in [0, 0.05) is 24.8 Å². The number of piperidine rings is 1. The molecule has 4 heteroatoms. The van der Waals surface area contributed by atoms with Gasteiger partial charge in [-0.25, -0.2) is 0 Å². The van der Waals surface area contributed by atoms with Gasteiger partial charge in [-0.2, -0.15) is 5.10 Å². The van der Waals surface area contributed by atoms with E-state index in [1.807, 2.05) is 24.9 Å². The molecule has 1 aliphatic rings. The molecule has 4 nitrogen and oxygen atoms in total. The molecule has 1 aromatic heterocycles. The Balaban J connectivity index is 2.20. The third-order valence-corrected chi connectivity index (χ3v) is 3.16. The standard InChI is InChI=1S/C11H19N3O/c1-3-14-8-10(7-12-14)11(15)5-4-6-13(2)9-11/h7-8,15H,3-6,9H2,1-2H3. The predicted octanol–water partition coefficient (Wildman–Crippen LogP) is 0.816. The van der Waals surface area contributed by atoms with E-state index < -0.39 is 5.60 Å². The molecule has 0 aliphatic carbocycles. The SMILES string of the molecule is CCn1cc(C2(O)CCCN(C)C2)cn1. The average molecular weight is 209 g/mol. The molecule has 1 saturated heterocycles. The summed E-state index contributed by atoms with van der Waals surface area (Å²) in [6.45, 7) is 4.69. The number of likely N-dealkylation sites (tertiary alicyclic amines) is 1. The van der Waals surface area contributed by atoms with E-state index in [9.17, 15) is 5.11 Å². The first-order valence-electron chi connectivity index (χ1n) is 5.58. The van der Waals surface area contributed by atoms with Gasteiger partial charge in [0.15, 0.2) is 0 Å². The highest BCUT2D eigenvalue weighted by atomic mass is 16.3. The molecule has 0 spiro atoms. The van der Waals surface area contributed by atoms with E-state index in [0.717, 1.165) is 31.5 Å². The Morgan fingerprint density at radius 2 is 2.40 bits per heavy atom. The van der Waals surface area contributed by atoms with Gasteiger partial charge in [-0.3, -0.25) is 4.68 Å². The molecule has 0 radical (unpaired) electrons. The summed E-state index contributed by atoms with van der Waals surface area (Å²) < 4.78 is 1.86. The van der Waals surface area contributed by atoms with E-state index >= 15 is 0 Å². The minimum atomic E-state index is -0.694. The van der Waals surface area contributed by atoms with Crippen molar-refractivity contribution >= 4 is 0 Å². The highest BCUT2D eigenvalue weighted by Crippen LogP contribution is 2.30. The van der Waals surface area contributed by atoms with Gasteiger partial charge < -0.3 is 10.0 Å². The zero-order valence-corrected chi connectivity index (χ0v) is 9.48. The number of likely N-dealkylation sites (N-methyl/N-ethyl adjacent to an activating group) is 1. The van der Waals surface area contributed by atoms with E-state index in [1.165, 1.54) is 0 Å². The van der Waals surface area contributed by atoms with Crippen molar-refractivity contribution in [2.24, 2.45) is 0 Å². The molecule has 1 atom stereocenters. The number of rotatable bonds is 2. The van der Waals surface area contributed by atoms with E-state index in [-0.39, 0.29) is 0 Å². The van der Waals surface area contributed by atoms with Crippen LogP contribution in [0.1, 0.15) is 25.3 Å². The Morgan fingerprint density at radius 3 is 3.00 bits per heavy atom. The second-order valence-electron chi connectivity index (χ2n) is 4.46. The number of hydrogen-bond acceptors (Lipinski definition) is 3. The molecule has 1 aliphatic heterocycles. The molecule has 0 amide bonds. The van der Waals surface area contributed by atoms with Crippen LogP contribution in [0.25, 0.3) is 0 Å². The number of aliphatic hydroxyl groups is 1. The summed E-state index contributed by atoms with van der Waals surface area (Å²) >= 11 is 0. The Labute approximate surface area is 90.5 Å². The molecule has 0 saturated carbocycles. The lowest BCUT2D eigenvalue weighted by Crippen LogP contribution is -2.44. The molecule has 84 valence electrons. The molecule has 1 fully saturated rings. The number of β-amino-alcohol motifs (C(OH)–C–C–N with tert-alkyl or cyclic N) is 1. The van der Waals surface area contributed by atoms with Crippen LogP contribution >= 0.6 is 0 Å². The number of aromatic nitrogens is 2. The summed E-state index contributed by atoms with van der Waals surface area (Å²) in [5.74, 6) is 0. The molecule has 2 heterocycles. The summed E-state index contributed by atoms with van der Waals surface area (Å²) in [6.07, 6.45) is 5.64. The van der Waals surface area contributed by atoms with Crippen molar-refractivity contribution in [3.05, 3.63) is 18.0 Å². The summed E-state index contributed by atoms with van der Waals surface area (Å²) in [7, 11) is 2.05. The predicted molar refractivity (Wildman–Crippen MR) is 58.5 cm³/mol. The molecule has 1 N–H and O–H groups in total. The normalized spacial score (nSPS) is 28.2. The van der Waals surface area contributed by atoms with Crippen LogP contribution in [0.15, 0.2) is 12.4 Å². The second kappa shape index (κ2) is 3.94. The first kappa shape index (κ1) is 10.6.